The van der Waals surface area contributed by atoms with Crippen molar-refractivity contribution >= 4 is 48.6 Å². The largest absolute Gasteiger partial charge is 0.456 e. The molecule has 0 spiro atoms. The third-order valence-electron chi connectivity index (χ3n) is 9.74. The molecule has 230 valence electrons. The minimum Gasteiger partial charge on any atom is -0.456 e. The summed E-state index contributed by atoms with van der Waals surface area (Å²) in [6.45, 7) is 4.64. The van der Waals surface area contributed by atoms with E-state index in [1.807, 2.05) is 11.3 Å². The summed E-state index contributed by atoms with van der Waals surface area (Å²) in [5, 5.41) is 2.49. The minimum absolute atomic E-state index is 0.216. The smallest absolute Gasteiger partial charge is 0.140 e. The van der Waals surface area contributed by atoms with Gasteiger partial charge in [0.25, 0.3) is 0 Å². The molecule has 7 aromatic carbocycles. The number of para-hydroxylation sites is 1. The van der Waals surface area contributed by atoms with Gasteiger partial charge in [-0.1, -0.05) is 117 Å². The molecule has 1 aromatic heterocycles. The van der Waals surface area contributed by atoms with Crippen LogP contribution in [0.5, 0.6) is 11.5 Å². The maximum absolute atomic E-state index is 6.77. The van der Waals surface area contributed by atoms with E-state index in [1.54, 1.807) is 0 Å². The molecule has 0 atom stereocenters. The van der Waals surface area contributed by atoms with Crippen molar-refractivity contribution in [2.75, 3.05) is 4.90 Å². The van der Waals surface area contributed by atoms with Gasteiger partial charge in [0.15, 0.2) is 0 Å². The minimum atomic E-state index is -0.216. The van der Waals surface area contributed by atoms with Gasteiger partial charge < -0.3 is 9.64 Å². The summed E-state index contributed by atoms with van der Waals surface area (Å²) in [5.41, 5.74) is 10.4. The van der Waals surface area contributed by atoms with E-state index in [4.69, 9.17) is 4.74 Å². The van der Waals surface area contributed by atoms with E-state index in [-0.39, 0.29) is 5.41 Å². The van der Waals surface area contributed by atoms with Crippen LogP contribution in [0.15, 0.2) is 164 Å². The van der Waals surface area contributed by atoms with Crippen molar-refractivity contribution in [3.8, 4) is 33.8 Å². The van der Waals surface area contributed by atoms with Crippen LogP contribution in [-0.2, 0) is 5.41 Å². The normalized spacial score (nSPS) is 13.1. The molecule has 0 saturated carbocycles. The number of anilines is 3. The zero-order valence-electron chi connectivity index (χ0n) is 26.9. The van der Waals surface area contributed by atoms with Crippen LogP contribution in [0, 0.1) is 0 Å². The number of hydrogen-bond acceptors (Lipinski definition) is 3. The van der Waals surface area contributed by atoms with Crippen LogP contribution >= 0.6 is 11.3 Å². The fourth-order valence-electron chi connectivity index (χ4n) is 7.19. The fraction of sp³-hybridized carbons (Fsp3) is 0.0667. The average Bonchev–Trinajstić information content (AvgIpc) is 3.53. The molecule has 1 aliphatic heterocycles. The van der Waals surface area contributed by atoms with Crippen molar-refractivity contribution in [2.45, 2.75) is 19.3 Å². The topological polar surface area (TPSA) is 12.5 Å². The van der Waals surface area contributed by atoms with Gasteiger partial charge in [-0.15, -0.1) is 11.3 Å². The summed E-state index contributed by atoms with van der Waals surface area (Å²) < 4.78 is 9.33. The third-order valence-corrected chi connectivity index (χ3v) is 10.9. The molecular formula is C45H33NOS. The van der Waals surface area contributed by atoms with Crippen LogP contribution in [0.1, 0.15) is 25.0 Å². The summed E-state index contributed by atoms with van der Waals surface area (Å²) in [6.07, 6.45) is 0. The number of fused-ring (bicyclic) bond motifs is 6. The Kier molecular flexibility index (Phi) is 6.70. The monoisotopic (exact) mass is 635 g/mol. The van der Waals surface area contributed by atoms with Crippen LogP contribution in [0.4, 0.5) is 17.1 Å². The number of hydrogen-bond donors (Lipinski definition) is 0. The Labute approximate surface area is 285 Å². The van der Waals surface area contributed by atoms with Crippen LogP contribution < -0.4 is 9.64 Å². The molecule has 9 rings (SSSR count). The van der Waals surface area contributed by atoms with Gasteiger partial charge in [0.05, 0.1) is 0 Å². The number of ether oxygens (including phenoxy) is 1. The molecule has 0 radical (unpaired) electrons. The van der Waals surface area contributed by atoms with Gasteiger partial charge in [0.1, 0.15) is 11.5 Å². The molecule has 8 aromatic rings. The SMILES string of the molecule is CC1(C)c2cc(-c3ccc(N(c4ccccc4)c4ccc(-c5ccccc5)cc4)cc3)ccc2Oc2c1ccc1sc3ccccc3c21. The third kappa shape index (κ3) is 4.70. The number of rotatable bonds is 5. The first-order chi connectivity index (χ1) is 23.5. The average molecular weight is 636 g/mol. The lowest BCUT2D eigenvalue weighted by atomic mass is 9.74. The Morgan fingerprint density at radius 1 is 0.479 bits per heavy atom. The van der Waals surface area contributed by atoms with Crippen LogP contribution in [0.2, 0.25) is 0 Å². The lowest BCUT2D eigenvalue weighted by Crippen LogP contribution is -2.24. The van der Waals surface area contributed by atoms with Crippen molar-refractivity contribution in [3.05, 3.63) is 175 Å². The Morgan fingerprint density at radius 2 is 1.04 bits per heavy atom. The van der Waals surface area contributed by atoms with Gasteiger partial charge >= 0.3 is 0 Å². The number of benzene rings is 7. The van der Waals surface area contributed by atoms with Gasteiger partial charge in [-0.25, -0.2) is 0 Å². The summed E-state index contributed by atoms with van der Waals surface area (Å²) in [4.78, 5) is 2.31. The van der Waals surface area contributed by atoms with E-state index in [0.717, 1.165) is 28.6 Å². The van der Waals surface area contributed by atoms with Crippen molar-refractivity contribution in [2.24, 2.45) is 0 Å². The second kappa shape index (κ2) is 11.3. The fourth-order valence-corrected chi connectivity index (χ4v) is 8.29. The van der Waals surface area contributed by atoms with E-state index in [1.165, 1.54) is 53.6 Å². The van der Waals surface area contributed by atoms with Gasteiger partial charge in [0, 0.05) is 53.8 Å². The summed E-state index contributed by atoms with van der Waals surface area (Å²) >= 11 is 1.83. The molecule has 0 saturated heterocycles. The van der Waals surface area contributed by atoms with E-state index < -0.39 is 0 Å². The summed E-state index contributed by atoms with van der Waals surface area (Å²) in [7, 11) is 0. The molecule has 0 unspecified atom stereocenters. The predicted octanol–water partition coefficient (Wildman–Crippen LogP) is 13.3. The maximum Gasteiger partial charge on any atom is 0.140 e. The van der Waals surface area contributed by atoms with Gasteiger partial charge in [-0.3, -0.25) is 0 Å². The first-order valence-corrected chi connectivity index (χ1v) is 17.2. The van der Waals surface area contributed by atoms with E-state index in [2.05, 4.69) is 183 Å². The van der Waals surface area contributed by atoms with E-state index in [0.29, 0.717) is 0 Å². The lowest BCUT2D eigenvalue weighted by Gasteiger charge is -2.35. The maximum atomic E-state index is 6.77. The first kappa shape index (κ1) is 28.6. The Bertz CT molecular complexity index is 2430. The highest BCUT2D eigenvalue weighted by Gasteiger charge is 2.36. The Morgan fingerprint density at radius 3 is 1.75 bits per heavy atom. The number of nitrogens with zero attached hydrogens (tertiary/aromatic N) is 1. The van der Waals surface area contributed by atoms with Gasteiger partial charge in [-0.05, 0) is 82.9 Å². The Balaban J connectivity index is 1.07. The zero-order valence-corrected chi connectivity index (χ0v) is 27.7. The van der Waals surface area contributed by atoms with Gasteiger partial charge in [-0.2, -0.15) is 0 Å². The molecule has 1 aliphatic rings. The second-order valence-corrected chi connectivity index (χ2v) is 14.1. The standard InChI is InChI=1S/C45H33NOS/c1-45(2)38-26-28-42-43(37-15-9-10-16-41(37)48-42)44(38)47-40-27-21-33(29-39(40)45)32-19-24-36(25-20-32)46(34-13-7-4-8-14-34)35-22-17-31(18-23-35)30-11-5-3-6-12-30/h3-29H,1-2H3. The Hall–Kier alpha value is -5.64. The van der Waals surface area contributed by atoms with Crippen molar-refractivity contribution in [1.29, 1.82) is 0 Å². The van der Waals surface area contributed by atoms with Crippen molar-refractivity contribution < 1.29 is 4.74 Å². The van der Waals surface area contributed by atoms with Crippen molar-refractivity contribution in [3.63, 3.8) is 0 Å². The quantitative estimate of drug-likeness (QED) is 0.187. The number of thiophene rings is 1. The lowest BCUT2D eigenvalue weighted by molar-refractivity contribution is 0.423. The molecular weight excluding hydrogens is 603 g/mol. The summed E-state index contributed by atoms with van der Waals surface area (Å²) in [6, 6.07) is 58.7. The highest BCUT2D eigenvalue weighted by atomic mass is 32.1. The molecule has 0 amide bonds. The molecule has 0 aliphatic carbocycles. The molecule has 2 nitrogen and oxygen atoms in total. The van der Waals surface area contributed by atoms with Crippen molar-refractivity contribution in [1.82, 2.24) is 0 Å². The van der Waals surface area contributed by atoms with E-state index >= 15 is 0 Å². The molecule has 0 fully saturated rings. The zero-order chi connectivity index (χ0) is 32.2. The predicted molar refractivity (Wildman–Crippen MR) is 204 cm³/mol. The summed E-state index contributed by atoms with van der Waals surface area (Å²) in [5.74, 6) is 1.93. The molecule has 48 heavy (non-hydrogen) atoms. The van der Waals surface area contributed by atoms with E-state index in [9.17, 15) is 0 Å². The molecule has 3 heteroatoms. The van der Waals surface area contributed by atoms with Crippen LogP contribution in [0.25, 0.3) is 42.4 Å². The second-order valence-electron chi connectivity index (χ2n) is 13.0. The highest BCUT2D eigenvalue weighted by Crippen LogP contribution is 2.53. The van der Waals surface area contributed by atoms with Crippen LogP contribution in [0.3, 0.4) is 0 Å². The first-order valence-electron chi connectivity index (χ1n) is 16.4. The highest BCUT2D eigenvalue weighted by molar-refractivity contribution is 7.25. The van der Waals surface area contributed by atoms with Crippen LogP contribution in [-0.4, -0.2) is 0 Å². The van der Waals surface area contributed by atoms with Gasteiger partial charge in [0.2, 0.25) is 0 Å². The molecule has 0 bridgehead atoms. The molecule has 2 heterocycles. The molecule has 0 N–H and O–H groups in total.